The maximum atomic E-state index is 13.1. The van der Waals surface area contributed by atoms with Crippen LogP contribution in [0.4, 0.5) is 15.2 Å². The Hall–Kier alpha value is -2.20. The van der Waals surface area contributed by atoms with E-state index in [1.807, 2.05) is 6.26 Å². The lowest BCUT2D eigenvalue weighted by atomic mass is 10.4. The first-order valence-corrected chi connectivity index (χ1v) is 7.61. The van der Waals surface area contributed by atoms with Crippen LogP contribution in [0.3, 0.4) is 0 Å². The fraction of sp³-hybridized carbons (Fsp3) is 0.0909. The monoisotopic (exact) mass is 322 g/mol. The summed E-state index contributed by atoms with van der Waals surface area (Å²) in [5, 5.41) is 18.6. The van der Waals surface area contributed by atoms with Crippen molar-refractivity contribution in [1.29, 1.82) is 0 Å². The molecule has 0 saturated heterocycles. The molecule has 10 heteroatoms. The van der Waals surface area contributed by atoms with Crippen molar-refractivity contribution in [2.45, 2.75) is 5.16 Å². The number of aromatic nitrogens is 4. The third-order valence-electron chi connectivity index (χ3n) is 2.44. The number of hydrogen-bond acceptors (Lipinski definition) is 9. The topological polar surface area (TPSA) is 96.5 Å². The van der Waals surface area contributed by atoms with Gasteiger partial charge in [0, 0.05) is 6.20 Å². The van der Waals surface area contributed by atoms with Gasteiger partial charge in [0.15, 0.2) is 27.4 Å². The number of hydrogen-bond donors (Lipinski definition) is 1. The van der Waals surface area contributed by atoms with Crippen LogP contribution in [0, 0.1) is 5.95 Å². The second kappa shape index (κ2) is 5.66. The van der Waals surface area contributed by atoms with Gasteiger partial charge in [-0.3, -0.25) is 0 Å². The molecule has 0 aliphatic carbocycles. The number of nitrogens with zero attached hydrogens (tertiary/aromatic N) is 6. The summed E-state index contributed by atoms with van der Waals surface area (Å²) < 4.78 is 17.2. The second-order valence-corrected chi connectivity index (χ2v) is 5.29. The normalized spacial score (nSPS) is 11.5. The molecule has 21 heavy (non-hydrogen) atoms. The number of azo groups is 1. The fourth-order valence-corrected chi connectivity index (χ4v) is 2.42. The molecule has 0 aromatic carbocycles. The van der Waals surface area contributed by atoms with E-state index in [4.69, 9.17) is 5.11 Å². The molecule has 3 rings (SSSR count). The molecule has 0 amide bonds. The molecule has 0 saturated carbocycles. The van der Waals surface area contributed by atoms with Crippen molar-refractivity contribution in [2.75, 3.05) is 6.26 Å². The van der Waals surface area contributed by atoms with Crippen LogP contribution in [0.2, 0.25) is 0 Å². The summed E-state index contributed by atoms with van der Waals surface area (Å²) in [5.41, 5.74) is 0.540. The summed E-state index contributed by atoms with van der Waals surface area (Å²) in [7, 11) is 0. The summed E-state index contributed by atoms with van der Waals surface area (Å²) in [4.78, 5) is 11.8. The molecule has 7 nitrogen and oxygen atoms in total. The van der Waals surface area contributed by atoms with Crippen molar-refractivity contribution in [3.63, 3.8) is 0 Å². The van der Waals surface area contributed by atoms with E-state index in [1.54, 1.807) is 6.20 Å². The molecule has 3 heterocycles. The average molecular weight is 322 g/mol. The molecule has 106 valence electrons. The Morgan fingerprint density at radius 2 is 2.14 bits per heavy atom. The fourth-order valence-electron chi connectivity index (χ4n) is 1.45. The Morgan fingerprint density at radius 1 is 1.29 bits per heavy atom. The number of pyridine rings is 1. The minimum Gasteiger partial charge on any atom is -0.504 e. The van der Waals surface area contributed by atoms with Crippen LogP contribution in [0.1, 0.15) is 0 Å². The van der Waals surface area contributed by atoms with Crippen LogP contribution in [0.25, 0.3) is 11.0 Å². The lowest BCUT2D eigenvalue weighted by Gasteiger charge is -1.95. The zero-order valence-electron chi connectivity index (χ0n) is 10.6. The third kappa shape index (κ3) is 2.81. The van der Waals surface area contributed by atoms with Crippen molar-refractivity contribution in [3.05, 3.63) is 24.3 Å². The standard InChI is InChI=1S/C11H7FN6OS2/c1-20-11-13-4-5-9(15-11)18-21-10(5)17-16-7-3-2-6(19)8(12)14-7/h2-4,19H,1H3. The summed E-state index contributed by atoms with van der Waals surface area (Å²) in [5.74, 6) is -1.47. The van der Waals surface area contributed by atoms with Crippen molar-refractivity contribution in [3.8, 4) is 5.75 Å². The number of thioether (sulfide) groups is 1. The van der Waals surface area contributed by atoms with Crippen molar-refractivity contribution in [2.24, 2.45) is 10.2 Å². The van der Waals surface area contributed by atoms with E-state index < -0.39 is 11.7 Å². The zero-order valence-corrected chi connectivity index (χ0v) is 12.2. The van der Waals surface area contributed by atoms with Gasteiger partial charge in [0.2, 0.25) is 0 Å². The smallest absolute Gasteiger partial charge is 0.257 e. The molecule has 0 aliphatic heterocycles. The van der Waals surface area contributed by atoms with E-state index in [0.717, 1.165) is 17.6 Å². The molecule has 0 bridgehead atoms. The van der Waals surface area contributed by atoms with E-state index >= 15 is 0 Å². The van der Waals surface area contributed by atoms with Crippen LogP contribution in [0.5, 0.6) is 5.75 Å². The Bertz CT molecular complexity index is 837. The van der Waals surface area contributed by atoms with Crippen molar-refractivity contribution < 1.29 is 9.50 Å². The summed E-state index contributed by atoms with van der Waals surface area (Å²) in [6, 6.07) is 2.52. The van der Waals surface area contributed by atoms with Gasteiger partial charge >= 0.3 is 0 Å². The number of rotatable bonds is 3. The maximum absolute atomic E-state index is 13.1. The Labute approximate surface area is 126 Å². The predicted molar refractivity (Wildman–Crippen MR) is 77.0 cm³/mol. The maximum Gasteiger partial charge on any atom is 0.257 e. The Balaban J connectivity index is 1.93. The molecular formula is C11H7FN6OS2. The van der Waals surface area contributed by atoms with E-state index in [1.165, 1.54) is 17.8 Å². The van der Waals surface area contributed by atoms with Gasteiger partial charge in [-0.25, -0.2) is 9.97 Å². The SMILES string of the molecule is CSc1ncc2c(N=Nc3ccc(O)c(F)n3)snc2n1. The van der Waals surface area contributed by atoms with Crippen LogP contribution >= 0.6 is 23.3 Å². The van der Waals surface area contributed by atoms with Gasteiger partial charge in [0.05, 0.1) is 5.39 Å². The molecule has 0 spiro atoms. The van der Waals surface area contributed by atoms with Gasteiger partial charge in [-0.1, -0.05) is 11.8 Å². The highest BCUT2D eigenvalue weighted by molar-refractivity contribution is 7.98. The van der Waals surface area contributed by atoms with Gasteiger partial charge in [0.25, 0.3) is 5.95 Å². The number of halogens is 1. The molecule has 0 unspecified atom stereocenters. The van der Waals surface area contributed by atoms with Crippen molar-refractivity contribution in [1.82, 2.24) is 19.3 Å². The zero-order chi connectivity index (χ0) is 14.8. The van der Waals surface area contributed by atoms with Gasteiger partial charge in [-0.2, -0.15) is 13.7 Å². The van der Waals surface area contributed by atoms with Crippen LogP contribution in [0.15, 0.2) is 33.7 Å². The lowest BCUT2D eigenvalue weighted by molar-refractivity contribution is 0.419. The second-order valence-electron chi connectivity index (χ2n) is 3.76. The van der Waals surface area contributed by atoms with Gasteiger partial charge < -0.3 is 5.11 Å². The molecule has 0 fully saturated rings. The quantitative estimate of drug-likeness (QED) is 0.343. The Kier molecular flexibility index (Phi) is 3.71. The molecule has 0 radical (unpaired) electrons. The molecular weight excluding hydrogens is 315 g/mol. The third-order valence-corrected chi connectivity index (χ3v) is 3.74. The molecule has 1 N–H and O–H groups in total. The predicted octanol–water partition coefficient (Wildman–Crippen LogP) is 3.46. The van der Waals surface area contributed by atoms with E-state index in [-0.39, 0.29) is 5.82 Å². The van der Waals surface area contributed by atoms with Gasteiger partial charge in [-0.15, -0.1) is 10.2 Å². The summed E-state index contributed by atoms with van der Waals surface area (Å²) in [6.45, 7) is 0. The minimum atomic E-state index is -0.992. The summed E-state index contributed by atoms with van der Waals surface area (Å²) >= 11 is 2.53. The average Bonchev–Trinajstić information content (AvgIpc) is 2.90. The van der Waals surface area contributed by atoms with Crippen LogP contribution in [-0.2, 0) is 0 Å². The largest absolute Gasteiger partial charge is 0.504 e. The first-order valence-electron chi connectivity index (χ1n) is 5.61. The van der Waals surface area contributed by atoms with Crippen LogP contribution in [-0.4, -0.2) is 30.7 Å². The van der Waals surface area contributed by atoms with E-state index in [0.29, 0.717) is 21.2 Å². The molecule has 0 atom stereocenters. The molecule has 3 aromatic rings. The first kappa shape index (κ1) is 13.8. The van der Waals surface area contributed by atoms with E-state index in [9.17, 15) is 4.39 Å². The van der Waals surface area contributed by atoms with E-state index in [2.05, 4.69) is 29.6 Å². The number of aromatic hydroxyl groups is 1. The highest BCUT2D eigenvalue weighted by Crippen LogP contribution is 2.31. The minimum absolute atomic E-state index is 0.0495. The van der Waals surface area contributed by atoms with Gasteiger partial charge in [-0.05, 0) is 29.9 Å². The molecule has 0 aliphatic rings. The highest BCUT2D eigenvalue weighted by Gasteiger charge is 2.09. The summed E-state index contributed by atoms with van der Waals surface area (Å²) in [6.07, 6.45) is 3.50. The number of fused-ring (bicyclic) bond motifs is 1. The highest BCUT2D eigenvalue weighted by atomic mass is 32.2. The van der Waals surface area contributed by atoms with Gasteiger partial charge in [0.1, 0.15) is 0 Å². The molecule has 3 aromatic heterocycles. The van der Waals surface area contributed by atoms with Crippen LogP contribution < -0.4 is 0 Å². The lowest BCUT2D eigenvalue weighted by Crippen LogP contribution is -1.84. The first-order chi connectivity index (χ1) is 10.2. The Morgan fingerprint density at radius 3 is 2.90 bits per heavy atom. The van der Waals surface area contributed by atoms with Crippen molar-refractivity contribution >= 4 is 45.1 Å².